The van der Waals surface area contributed by atoms with Gasteiger partial charge in [0.25, 0.3) is 5.91 Å². The summed E-state index contributed by atoms with van der Waals surface area (Å²) >= 11 is 6.06. The lowest BCUT2D eigenvalue weighted by atomic mass is 10.0. The standard InChI is InChI=1S/C14H21ClN4O/c1-5-10-7-19(8-12(10)18(3)4)14(20)13-11(15)6-16-9(2)17-13/h6,10,12H,5,7-8H2,1-4H3. The lowest BCUT2D eigenvalue weighted by molar-refractivity contribution is 0.0775. The van der Waals surface area contributed by atoms with Crippen LogP contribution in [0.2, 0.25) is 5.02 Å². The number of likely N-dealkylation sites (N-methyl/N-ethyl adjacent to an activating group) is 1. The summed E-state index contributed by atoms with van der Waals surface area (Å²) in [6.07, 6.45) is 2.55. The van der Waals surface area contributed by atoms with Gasteiger partial charge in [0.1, 0.15) is 5.82 Å². The highest BCUT2D eigenvalue weighted by Gasteiger charge is 2.36. The van der Waals surface area contributed by atoms with Crippen molar-refractivity contribution in [1.29, 1.82) is 0 Å². The van der Waals surface area contributed by atoms with Gasteiger partial charge in [-0.3, -0.25) is 4.79 Å². The molecule has 1 aromatic heterocycles. The quantitative estimate of drug-likeness (QED) is 0.854. The smallest absolute Gasteiger partial charge is 0.274 e. The van der Waals surface area contributed by atoms with Gasteiger partial charge in [0, 0.05) is 19.1 Å². The predicted molar refractivity (Wildman–Crippen MR) is 78.9 cm³/mol. The number of carbonyl (C=O) groups excluding carboxylic acids is 1. The third-order valence-electron chi connectivity index (χ3n) is 3.95. The Balaban J connectivity index is 2.20. The van der Waals surface area contributed by atoms with E-state index in [1.807, 2.05) is 4.90 Å². The zero-order valence-corrected chi connectivity index (χ0v) is 13.2. The summed E-state index contributed by atoms with van der Waals surface area (Å²) in [7, 11) is 4.12. The van der Waals surface area contributed by atoms with Crippen LogP contribution >= 0.6 is 11.6 Å². The van der Waals surface area contributed by atoms with Crippen LogP contribution < -0.4 is 0 Å². The summed E-state index contributed by atoms with van der Waals surface area (Å²) in [5.74, 6) is 0.965. The van der Waals surface area contributed by atoms with Crippen LogP contribution in [-0.4, -0.2) is 58.9 Å². The molecule has 2 heterocycles. The first-order valence-corrected chi connectivity index (χ1v) is 7.26. The van der Waals surface area contributed by atoms with E-state index in [0.717, 1.165) is 19.5 Å². The predicted octanol–water partition coefficient (Wildman–Crippen LogP) is 1.85. The Kier molecular flexibility index (Phi) is 4.60. The molecule has 0 aromatic carbocycles. The molecule has 1 fully saturated rings. The number of carbonyl (C=O) groups is 1. The fourth-order valence-corrected chi connectivity index (χ4v) is 2.93. The number of hydrogen-bond acceptors (Lipinski definition) is 4. The van der Waals surface area contributed by atoms with E-state index in [2.05, 4.69) is 35.9 Å². The normalized spacial score (nSPS) is 22.6. The van der Waals surface area contributed by atoms with Gasteiger partial charge in [-0.25, -0.2) is 9.97 Å². The second-order valence-electron chi connectivity index (χ2n) is 5.52. The van der Waals surface area contributed by atoms with E-state index in [9.17, 15) is 4.79 Å². The molecule has 110 valence electrons. The van der Waals surface area contributed by atoms with Gasteiger partial charge in [0.15, 0.2) is 5.69 Å². The molecule has 0 spiro atoms. The highest BCUT2D eigenvalue weighted by atomic mass is 35.5. The fourth-order valence-electron chi connectivity index (χ4n) is 2.76. The zero-order chi connectivity index (χ0) is 14.9. The molecular formula is C14H21ClN4O. The number of hydrogen-bond donors (Lipinski definition) is 0. The molecule has 0 N–H and O–H groups in total. The number of halogens is 1. The summed E-state index contributed by atoms with van der Waals surface area (Å²) in [6.45, 7) is 5.41. The van der Waals surface area contributed by atoms with Crippen LogP contribution in [0, 0.1) is 12.8 Å². The zero-order valence-electron chi connectivity index (χ0n) is 12.4. The van der Waals surface area contributed by atoms with Gasteiger partial charge < -0.3 is 9.80 Å². The minimum absolute atomic E-state index is 0.0942. The highest BCUT2D eigenvalue weighted by Crippen LogP contribution is 2.25. The van der Waals surface area contributed by atoms with Crippen LogP contribution in [-0.2, 0) is 0 Å². The summed E-state index contributed by atoms with van der Waals surface area (Å²) in [5, 5.41) is 0.321. The van der Waals surface area contributed by atoms with E-state index >= 15 is 0 Å². The second kappa shape index (κ2) is 6.06. The van der Waals surface area contributed by atoms with Crippen molar-refractivity contribution in [3.8, 4) is 0 Å². The van der Waals surface area contributed by atoms with Crippen LogP contribution in [0.3, 0.4) is 0 Å². The van der Waals surface area contributed by atoms with E-state index in [0.29, 0.717) is 28.5 Å². The molecule has 1 aliphatic rings. The monoisotopic (exact) mass is 296 g/mol. The molecule has 0 aliphatic carbocycles. The molecule has 1 aliphatic heterocycles. The lowest BCUT2D eigenvalue weighted by Gasteiger charge is -2.23. The van der Waals surface area contributed by atoms with Gasteiger partial charge in [-0.2, -0.15) is 0 Å². The van der Waals surface area contributed by atoms with Crippen molar-refractivity contribution >= 4 is 17.5 Å². The molecule has 1 amide bonds. The minimum Gasteiger partial charge on any atom is -0.335 e. The summed E-state index contributed by atoms with van der Waals surface area (Å²) in [6, 6.07) is 0.394. The van der Waals surface area contributed by atoms with Crippen molar-refractivity contribution in [3.63, 3.8) is 0 Å². The topological polar surface area (TPSA) is 49.3 Å². The largest absolute Gasteiger partial charge is 0.335 e. The first-order chi connectivity index (χ1) is 9.43. The highest BCUT2D eigenvalue weighted by molar-refractivity contribution is 6.33. The number of nitrogens with zero attached hydrogens (tertiary/aromatic N) is 4. The van der Waals surface area contributed by atoms with E-state index in [4.69, 9.17) is 11.6 Å². The molecule has 2 atom stereocenters. The minimum atomic E-state index is -0.0942. The van der Waals surface area contributed by atoms with Crippen molar-refractivity contribution in [2.75, 3.05) is 27.2 Å². The second-order valence-corrected chi connectivity index (χ2v) is 5.93. The molecule has 20 heavy (non-hydrogen) atoms. The van der Waals surface area contributed by atoms with Crippen LogP contribution in [0.25, 0.3) is 0 Å². The molecule has 1 saturated heterocycles. The van der Waals surface area contributed by atoms with E-state index in [-0.39, 0.29) is 5.91 Å². The summed E-state index contributed by atoms with van der Waals surface area (Å²) in [4.78, 5) is 24.8. The number of aromatic nitrogens is 2. The molecule has 0 saturated carbocycles. The molecule has 2 rings (SSSR count). The van der Waals surface area contributed by atoms with Gasteiger partial charge in [-0.1, -0.05) is 24.9 Å². The van der Waals surface area contributed by atoms with E-state index in [1.165, 1.54) is 6.20 Å². The first kappa shape index (κ1) is 15.2. The van der Waals surface area contributed by atoms with Crippen LogP contribution in [0.1, 0.15) is 29.7 Å². The number of likely N-dealkylation sites (tertiary alicyclic amines) is 1. The van der Waals surface area contributed by atoms with E-state index < -0.39 is 0 Å². The SMILES string of the molecule is CCC1CN(C(=O)c2nc(C)ncc2Cl)CC1N(C)C. The Morgan fingerprint density at radius 1 is 1.50 bits per heavy atom. The van der Waals surface area contributed by atoms with Crippen molar-refractivity contribution in [1.82, 2.24) is 19.8 Å². The number of amides is 1. The summed E-state index contributed by atoms with van der Waals surface area (Å²) < 4.78 is 0. The van der Waals surface area contributed by atoms with Crippen molar-refractivity contribution in [2.24, 2.45) is 5.92 Å². The molecule has 6 heteroatoms. The molecular weight excluding hydrogens is 276 g/mol. The number of aryl methyl sites for hydroxylation is 1. The Bertz CT molecular complexity index is 506. The van der Waals surface area contributed by atoms with Crippen molar-refractivity contribution in [2.45, 2.75) is 26.3 Å². The van der Waals surface area contributed by atoms with Gasteiger partial charge in [-0.15, -0.1) is 0 Å². The van der Waals surface area contributed by atoms with Crippen LogP contribution in [0.5, 0.6) is 0 Å². The third kappa shape index (κ3) is 2.94. The average molecular weight is 297 g/mol. The van der Waals surface area contributed by atoms with Gasteiger partial charge in [0.2, 0.25) is 0 Å². The van der Waals surface area contributed by atoms with Gasteiger partial charge in [0.05, 0.1) is 11.2 Å². The van der Waals surface area contributed by atoms with Crippen molar-refractivity contribution in [3.05, 3.63) is 22.7 Å². The molecule has 2 unspecified atom stereocenters. The Morgan fingerprint density at radius 2 is 2.20 bits per heavy atom. The third-order valence-corrected chi connectivity index (χ3v) is 4.23. The van der Waals surface area contributed by atoms with Crippen LogP contribution in [0.4, 0.5) is 0 Å². The Labute approximate surface area is 124 Å². The summed E-state index contributed by atoms with van der Waals surface area (Å²) in [5.41, 5.74) is 0.313. The Hall–Kier alpha value is -1.20. The lowest BCUT2D eigenvalue weighted by Crippen LogP contribution is -2.36. The van der Waals surface area contributed by atoms with E-state index in [1.54, 1.807) is 6.92 Å². The maximum atomic E-state index is 12.6. The maximum Gasteiger partial charge on any atom is 0.274 e. The molecule has 0 bridgehead atoms. The molecule has 5 nitrogen and oxygen atoms in total. The molecule has 1 aromatic rings. The van der Waals surface area contributed by atoms with Gasteiger partial charge in [-0.05, 0) is 26.9 Å². The van der Waals surface area contributed by atoms with Crippen molar-refractivity contribution < 1.29 is 4.79 Å². The fraction of sp³-hybridized carbons (Fsp3) is 0.643. The average Bonchev–Trinajstić information content (AvgIpc) is 2.85. The van der Waals surface area contributed by atoms with Crippen LogP contribution in [0.15, 0.2) is 6.20 Å². The number of rotatable bonds is 3. The van der Waals surface area contributed by atoms with Gasteiger partial charge >= 0.3 is 0 Å². The Morgan fingerprint density at radius 3 is 2.75 bits per heavy atom. The molecule has 0 radical (unpaired) electrons. The maximum absolute atomic E-state index is 12.6. The first-order valence-electron chi connectivity index (χ1n) is 6.88.